The number of halogens is 4. The molecule has 2 aliphatic rings. The maximum Gasteiger partial charge on any atom is 0.416 e. The van der Waals surface area contributed by atoms with Crippen LogP contribution in [0.4, 0.5) is 28.0 Å². The predicted molar refractivity (Wildman–Crippen MR) is 115 cm³/mol. The quantitative estimate of drug-likeness (QED) is 0.613. The second-order valence-corrected chi connectivity index (χ2v) is 8.71. The standard InChI is InChI=1S/C24H25F4N3O2/c25-18-4-1-5-19(11-18)30-23(33)29-13-15-3-2-10-31(14-15)22(32)21-12-20(21)16-6-8-17(9-7-16)24(26,27)28/h1,4-9,11,15,20-21H,2-3,10,12-14H2,(H2,29,30,33). The summed E-state index contributed by atoms with van der Waals surface area (Å²) in [5.41, 5.74) is 0.421. The molecule has 1 saturated carbocycles. The smallest absolute Gasteiger partial charge is 0.342 e. The van der Waals surface area contributed by atoms with Crippen LogP contribution in [0.5, 0.6) is 0 Å². The molecule has 2 aromatic carbocycles. The molecule has 1 aliphatic heterocycles. The van der Waals surface area contributed by atoms with Crippen LogP contribution < -0.4 is 10.6 Å². The number of likely N-dealkylation sites (tertiary alicyclic amines) is 1. The van der Waals surface area contributed by atoms with E-state index >= 15 is 0 Å². The lowest BCUT2D eigenvalue weighted by Gasteiger charge is -2.33. The Bertz CT molecular complexity index is 1010. The Balaban J connectivity index is 1.25. The molecule has 0 aromatic heterocycles. The zero-order chi connectivity index (χ0) is 23.6. The molecule has 0 radical (unpaired) electrons. The van der Waals surface area contributed by atoms with Crippen molar-refractivity contribution in [3.63, 3.8) is 0 Å². The van der Waals surface area contributed by atoms with Crippen molar-refractivity contribution >= 4 is 17.6 Å². The van der Waals surface area contributed by atoms with Crippen LogP contribution in [-0.4, -0.2) is 36.5 Å². The number of alkyl halides is 3. The van der Waals surface area contributed by atoms with Gasteiger partial charge in [-0.1, -0.05) is 18.2 Å². The molecule has 0 spiro atoms. The molecule has 5 nitrogen and oxygen atoms in total. The number of rotatable bonds is 5. The molecule has 2 fully saturated rings. The molecule has 2 N–H and O–H groups in total. The Morgan fingerprint density at radius 3 is 2.55 bits per heavy atom. The van der Waals surface area contributed by atoms with Crippen LogP contribution in [-0.2, 0) is 11.0 Å². The minimum atomic E-state index is -4.37. The first-order valence-electron chi connectivity index (χ1n) is 11.0. The SMILES string of the molecule is O=C(NCC1CCCN(C(=O)C2CC2c2ccc(C(F)(F)F)cc2)C1)Nc1cccc(F)c1. The average molecular weight is 463 g/mol. The molecule has 0 bridgehead atoms. The summed E-state index contributed by atoms with van der Waals surface area (Å²) in [5, 5.41) is 5.36. The largest absolute Gasteiger partial charge is 0.416 e. The van der Waals surface area contributed by atoms with Gasteiger partial charge in [0.2, 0.25) is 5.91 Å². The van der Waals surface area contributed by atoms with Crippen LogP contribution in [0.1, 0.15) is 36.3 Å². The molecule has 3 amide bonds. The van der Waals surface area contributed by atoms with Gasteiger partial charge < -0.3 is 15.5 Å². The minimum Gasteiger partial charge on any atom is -0.342 e. The second kappa shape index (κ2) is 9.41. The number of carbonyl (C=O) groups is 2. The first kappa shape index (κ1) is 23.1. The molecule has 2 aromatic rings. The monoisotopic (exact) mass is 463 g/mol. The zero-order valence-corrected chi connectivity index (χ0v) is 17.9. The van der Waals surface area contributed by atoms with E-state index in [0.717, 1.165) is 30.5 Å². The van der Waals surface area contributed by atoms with Gasteiger partial charge in [0.05, 0.1) is 5.56 Å². The highest BCUT2D eigenvalue weighted by Gasteiger charge is 2.46. The zero-order valence-electron chi connectivity index (χ0n) is 17.9. The molecule has 4 rings (SSSR count). The minimum absolute atomic E-state index is 0.0220. The summed E-state index contributed by atoms with van der Waals surface area (Å²) < 4.78 is 51.5. The molecule has 3 atom stereocenters. The number of nitrogens with zero attached hydrogens (tertiary/aromatic N) is 1. The fourth-order valence-electron chi connectivity index (χ4n) is 4.40. The molecule has 9 heteroatoms. The van der Waals surface area contributed by atoms with Crippen LogP contribution in [0.15, 0.2) is 48.5 Å². The van der Waals surface area contributed by atoms with Crippen LogP contribution in [0.2, 0.25) is 0 Å². The fraction of sp³-hybridized carbons (Fsp3) is 0.417. The van der Waals surface area contributed by atoms with Crippen LogP contribution >= 0.6 is 0 Å². The van der Waals surface area contributed by atoms with E-state index in [1.165, 1.54) is 30.3 Å². The third-order valence-corrected chi connectivity index (χ3v) is 6.24. The van der Waals surface area contributed by atoms with Gasteiger partial charge in [0, 0.05) is 31.2 Å². The first-order valence-corrected chi connectivity index (χ1v) is 11.0. The third kappa shape index (κ3) is 5.83. The van der Waals surface area contributed by atoms with E-state index in [1.807, 2.05) is 0 Å². The highest BCUT2D eigenvalue weighted by Crippen LogP contribution is 2.49. The maximum atomic E-state index is 13.2. The van der Waals surface area contributed by atoms with Gasteiger partial charge in [0.1, 0.15) is 5.82 Å². The molecule has 33 heavy (non-hydrogen) atoms. The lowest BCUT2D eigenvalue weighted by Crippen LogP contribution is -2.45. The maximum absolute atomic E-state index is 13.2. The van der Waals surface area contributed by atoms with E-state index in [-0.39, 0.29) is 23.7 Å². The molecular weight excluding hydrogens is 438 g/mol. The van der Waals surface area contributed by atoms with E-state index < -0.39 is 23.6 Å². The van der Waals surface area contributed by atoms with Crippen molar-refractivity contribution in [3.8, 4) is 0 Å². The summed E-state index contributed by atoms with van der Waals surface area (Å²) in [6, 6.07) is 10.2. The summed E-state index contributed by atoms with van der Waals surface area (Å²) in [5.74, 6) is -0.568. The molecule has 1 saturated heterocycles. The Morgan fingerprint density at radius 1 is 1.09 bits per heavy atom. The van der Waals surface area contributed by atoms with Gasteiger partial charge in [-0.2, -0.15) is 13.2 Å². The van der Waals surface area contributed by atoms with Crippen LogP contribution in [0, 0.1) is 17.7 Å². The van der Waals surface area contributed by atoms with Gasteiger partial charge >= 0.3 is 12.2 Å². The van der Waals surface area contributed by atoms with Crippen molar-refractivity contribution in [3.05, 3.63) is 65.5 Å². The number of urea groups is 1. The summed E-state index contributed by atoms with van der Waals surface area (Å²) in [4.78, 5) is 26.8. The number of carbonyl (C=O) groups excluding carboxylic acids is 2. The van der Waals surface area contributed by atoms with Crippen LogP contribution in [0.25, 0.3) is 0 Å². The van der Waals surface area contributed by atoms with E-state index in [2.05, 4.69) is 10.6 Å². The van der Waals surface area contributed by atoms with E-state index in [0.29, 0.717) is 31.7 Å². The molecule has 1 heterocycles. The topological polar surface area (TPSA) is 61.4 Å². The van der Waals surface area contributed by atoms with Crippen molar-refractivity contribution in [2.24, 2.45) is 11.8 Å². The number of hydrogen-bond acceptors (Lipinski definition) is 2. The van der Waals surface area contributed by atoms with Gasteiger partial charge in [0.25, 0.3) is 0 Å². The van der Waals surface area contributed by atoms with E-state index in [4.69, 9.17) is 0 Å². The number of piperidine rings is 1. The van der Waals surface area contributed by atoms with Crippen LogP contribution in [0.3, 0.4) is 0 Å². The number of amides is 3. The number of nitrogens with one attached hydrogen (secondary N) is 2. The molecule has 176 valence electrons. The Morgan fingerprint density at radius 2 is 1.85 bits per heavy atom. The fourth-order valence-corrected chi connectivity index (χ4v) is 4.40. The van der Waals surface area contributed by atoms with Gasteiger partial charge in [-0.3, -0.25) is 4.79 Å². The number of benzene rings is 2. The second-order valence-electron chi connectivity index (χ2n) is 8.71. The highest BCUT2D eigenvalue weighted by molar-refractivity contribution is 5.89. The van der Waals surface area contributed by atoms with Crippen molar-refractivity contribution in [2.75, 3.05) is 25.0 Å². The molecule has 3 unspecified atom stereocenters. The normalized spacial score (nSPS) is 22.5. The number of hydrogen-bond donors (Lipinski definition) is 2. The van der Waals surface area contributed by atoms with E-state index in [9.17, 15) is 27.2 Å². The summed E-state index contributed by atoms with van der Waals surface area (Å²) in [7, 11) is 0. The van der Waals surface area contributed by atoms with Gasteiger partial charge in [-0.05, 0) is 67.0 Å². The van der Waals surface area contributed by atoms with Gasteiger partial charge in [-0.15, -0.1) is 0 Å². The van der Waals surface area contributed by atoms with Crippen molar-refractivity contribution in [1.29, 1.82) is 0 Å². The van der Waals surface area contributed by atoms with E-state index in [1.54, 1.807) is 11.0 Å². The third-order valence-electron chi connectivity index (χ3n) is 6.24. The Labute approximate surface area is 189 Å². The summed E-state index contributed by atoms with van der Waals surface area (Å²) in [6.07, 6.45) is -2.04. The average Bonchev–Trinajstić information content (AvgIpc) is 3.58. The van der Waals surface area contributed by atoms with Gasteiger partial charge in [0.15, 0.2) is 0 Å². The lowest BCUT2D eigenvalue weighted by molar-refractivity contribution is -0.137. The predicted octanol–water partition coefficient (Wildman–Crippen LogP) is 5.01. The molecular formula is C24H25F4N3O2. The summed E-state index contributed by atoms with van der Waals surface area (Å²) >= 11 is 0. The van der Waals surface area contributed by atoms with Crippen molar-refractivity contribution < 1.29 is 27.2 Å². The van der Waals surface area contributed by atoms with Gasteiger partial charge in [-0.25, -0.2) is 9.18 Å². The molecule has 1 aliphatic carbocycles. The summed E-state index contributed by atoms with van der Waals surface area (Å²) in [6.45, 7) is 1.55. The Kier molecular flexibility index (Phi) is 6.58. The lowest BCUT2D eigenvalue weighted by atomic mass is 9.97. The highest BCUT2D eigenvalue weighted by atomic mass is 19.4. The van der Waals surface area contributed by atoms with Crippen molar-refractivity contribution in [2.45, 2.75) is 31.4 Å². The Hall–Kier alpha value is -3.10. The first-order chi connectivity index (χ1) is 15.7. The van der Waals surface area contributed by atoms with Crippen molar-refractivity contribution in [1.82, 2.24) is 10.2 Å². The number of anilines is 1.